The average Bonchev–Trinajstić information content (AvgIpc) is 3.31. The maximum atomic E-state index is 12.7. The Kier molecular flexibility index (Phi) is 4.41. The summed E-state index contributed by atoms with van der Waals surface area (Å²) in [7, 11) is 0. The van der Waals surface area contributed by atoms with Crippen molar-refractivity contribution >= 4 is 22.3 Å². The third-order valence-electron chi connectivity index (χ3n) is 6.40. The minimum atomic E-state index is -0.410. The second-order valence-electron chi connectivity index (χ2n) is 8.67. The Labute approximate surface area is 194 Å². The normalized spacial score (nSPS) is 14.4. The number of non-ortho nitro benzene ring substituents is 1. The minimum Gasteiger partial charge on any atom is -0.627 e. The van der Waals surface area contributed by atoms with Gasteiger partial charge in [0.05, 0.1) is 16.3 Å². The van der Waals surface area contributed by atoms with Gasteiger partial charge in [-0.15, -0.1) is 0 Å². The van der Waals surface area contributed by atoms with Crippen molar-refractivity contribution in [3.05, 3.63) is 93.8 Å². The van der Waals surface area contributed by atoms with E-state index in [4.69, 9.17) is 4.98 Å². The van der Waals surface area contributed by atoms with Gasteiger partial charge >= 0.3 is 0 Å². The van der Waals surface area contributed by atoms with Crippen LogP contribution in [0.1, 0.15) is 5.69 Å². The van der Waals surface area contributed by atoms with Crippen LogP contribution in [0, 0.1) is 22.2 Å². The average molecular weight is 451 g/mol. The van der Waals surface area contributed by atoms with E-state index in [1.54, 1.807) is 6.07 Å². The summed E-state index contributed by atoms with van der Waals surface area (Å²) in [4.78, 5) is 22.8. The van der Waals surface area contributed by atoms with Gasteiger partial charge in [-0.25, -0.2) is 4.98 Å². The summed E-state index contributed by atoms with van der Waals surface area (Å²) < 4.78 is -0.331. The van der Waals surface area contributed by atoms with E-state index in [1.807, 2.05) is 61.5 Å². The molecule has 0 saturated carbocycles. The Morgan fingerprint density at radius 3 is 2.50 bits per heavy atom. The van der Waals surface area contributed by atoms with Crippen molar-refractivity contribution in [1.29, 1.82) is 0 Å². The van der Waals surface area contributed by atoms with Crippen LogP contribution in [-0.2, 0) is 0 Å². The lowest BCUT2D eigenvalue weighted by atomic mass is 10.0. The Morgan fingerprint density at radius 2 is 1.71 bits per heavy atom. The van der Waals surface area contributed by atoms with Crippen LogP contribution in [0.25, 0.3) is 44.8 Å². The largest absolute Gasteiger partial charge is 0.627 e. The molecule has 0 bridgehead atoms. The fraction of sp³-hybridized carbons (Fsp3) is 0.115. The van der Waals surface area contributed by atoms with Crippen molar-refractivity contribution < 1.29 is 4.92 Å². The van der Waals surface area contributed by atoms with E-state index in [-0.39, 0.29) is 10.3 Å². The van der Waals surface area contributed by atoms with Gasteiger partial charge in [-0.05, 0) is 19.1 Å². The van der Waals surface area contributed by atoms with Crippen LogP contribution >= 0.6 is 0 Å². The number of nitro groups is 1. The zero-order valence-electron chi connectivity index (χ0n) is 18.4. The zero-order valence-corrected chi connectivity index (χ0v) is 18.4. The predicted molar refractivity (Wildman–Crippen MR) is 133 cm³/mol. The first-order valence-corrected chi connectivity index (χ1v) is 11.0. The highest BCUT2D eigenvalue weighted by atomic mass is 16.6. The lowest BCUT2D eigenvalue weighted by Gasteiger charge is -2.21. The summed E-state index contributed by atoms with van der Waals surface area (Å²) in [6, 6.07) is 22.0. The first kappa shape index (κ1) is 20.3. The number of rotatable bonds is 5. The number of hydrogen-bond donors (Lipinski definition) is 2. The quantitative estimate of drug-likeness (QED) is 0.113. The maximum absolute atomic E-state index is 12.7. The van der Waals surface area contributed by atoms with Gasteiger partial charge in [0.2, 0.25) is 0 Å². The number of quaternary nitrogens is 1. The van der Waals surface area contributed by atoms with Gasteiger partial charge < -0.3 is 19.8 Å². The summed E-state index contributed by atoms with van der Waals surface area (Å²) in [6.07, 6.45) is 0. The Balaban J connectivity index is 1.58. The first-order valence-electron chi connectivity index (χ1n) is 11.0. The Bertz CT molecular complexity index is 1580. The van der Waals surface area contributed by atoms with Crippen molar-refractivity contribution in [2.24, 2.45) is 0 Å². The van der Waals surface area contributed by atoms with E-state index in [9.17, 15) is 15.3 Å². The molecular formula is C26H21N5O3. The molecule has 1 fully saturated rings. The fourth-order valence-corrected chi connectivity index (χ4v) is 4.52. The SMILES string of the molecule is Cc1[nH]c2ccccc2c1-c1nc(-c2cccc([N+](=O)[O-])c2)c(-c2cccc([N+]3([O-])CC3)c2)[nH]1. The summed E-state index contributed by atoms with van der Waals surface area (Å²) in [5.41, 5.74) is 6.38. The number of benzene rings is 3. The molecule has 3 aromatic carbocycles. The summed E-state index contributed by atoms with van der Waals surface area (Å²) in [6.45, 7) is 3.14. The van der Waals surface area contributed by atoms with E-state index in [0.717, 1.165) is 33.4 Å². The number of aromatic nitrogens is 3. The van der Waals surface area contributed by atoms with Crippen LogP contribution < -0.4 is 4.65 Å². The number of aryl methyl sites for hydroxylation is 1. The second-order valence-corrected chi connectivity index (χ2v) is 8.67. The van der Waals surface area contributed by atoms with Crippen molar-refractivity contribution in [3.8, 4) is 33.9 Å². The van der Waals surface area contributed by atoms with Crippen LogP contribution in [0.3, 0.4) is 0 Å². The summed E-state index contributed by atoms with van der Waals surface area (Å²) in [5.74, 6) is 0.662. The van der Waals surface area contributed by atoms with Crippen LogP contribution in [-0.4, -0.2) is 33.0 Å². The molecule has 2 aromatic heterocycles. The number of nitrogens with zero attached hydrogens (tertiary/aromatic N) is 3. The molecule has 2 N–H and O–H groups in total. The molecule has 34 heavy (non-hydrogen) atoms. The molecule has 0 unspecified atom stereocenters. The predicted octanol–water partition coefficient (Wildman–Crippen LogP) is 5.93. The van der Waals surface area contributed by atoms with Crippen LogP contribution in [0.4, 0.5) is 11.4 Å². The molecule has 1 aliphatic heterocycles. The zero-order chi connectivity index (χ0) is 23.4. The molecule has 0 amide bonds. The molecule has 8 heteroatoms. The van der Waals surface area contributed by atoms with E-state index in [0.29, 0.717) is 35.9 Å². The van der Waals surface area contributed by atoms with E-state index < -0.39 is 4.92 Å². The fourth-order valence-electron chi connectivity index (χ4n) is 4.52. The molecule has 0 atom stereocenters. The molecule has 0 spiro atoms. The van der Waals surface area contributed by atoms with Crippen molar-refractivity contribution in [1.82, 2.24) is 19.6 Å². The second kappa shape index (κ2) is 7.38. The third kappa shape index (κ3) is 3.28. The van der Waals surface area contributed by atoms with E-state index >= 15 is 0 Å². The maximum Gasteiger partial charge on any atom is 0.270 e. The van der Waals surface area contributed by atoms with Gasteiger partial charge in [0, 0.05) is 51.5 Å². The highest BCUT2D eigenvalue weighted by Gasteiger charge is 2.35. The van der Waals surface area contributed by atoms with Crippen LogP contribution in [0.5, 0.6) is 0 Å². The van der Waals surface area contributed by atoms with Crippen molar-refractivity contribution in [3.63, 3.8) is 0 Å². The number of H-pyrrole nitrogens is 2. The molecule has 0 radical (unpaired) electrons. The van der Waals surface area contributed by atoms with Gasteiger partial charge in [-0.3, -0.25) is 10.1 Å². The monoisotopic (exact) mass is 451 g/mol. The first-order chi connectivity index (χ1) is 16.4. The van der Waals surface area contributed by atoms with Crippen molar-refractivity contribution in [2.75, 3.05) is 13.1 Å². The number of imidazole rings is 1. The molecule has 8 nitrogen and oxygen atoms in total. The number of para-hydroxylation sites is 1. The van der Waals surface area contributed by atoms with E-state index in [1.165, 1.54) is 12.1 Å². The molecule has 168 valence electrons. The third-order valence-corrected chi connectivity index (χ3v) is 6.40. The van der Waals surface area contributed by atoms with Gasteiger partial charge in [-0.2, -0.15) is 0 Å². The molecule has 6 rings (SSSR count). The Morgan fingerprint density at radius 1 is 0.941 bits per heavy atom. The number of fused-ring (bicyclic) bond motifs is 1. The lowest BCUT2D eigenvalue weighted by molar-refractivity contribution is -0.384. The number of hydroxylamine groups is 2. The van der Waals surface area contributed by atoms with E-state index in [2.05, 4.69) is 9.97 Å². The highest BCUT2D eigenvalue weighted by Crippen LogP contribution is 2.40. The van der Waals surface area contributed by atoms with Gasteiger partial charge in [0.1, 0.15) is 24.6 Å². The molecule has 1 aliphatic rings. The number of nitrogens with one attached hydrogen (secondary N) is 2. The lowest BCUT2D eigenvalue weighted by Crippen LogP contribution is -2.15. The number of aromatic amines is 2. The molecule has 3 heterocycles. The van der Waals surface area contributed by atoms with Crippen LogP contribution in [0.15, 0.2) is 72.8 Å². The standard InChI is InChI=1S/C26H21N5O3/c1-16-23(21-10-2-3-11-22(21)27-16)26-28-24(17-6-4-8-19(14-17)30(32)33)25(29-26)18-7-5-9-20(15-18)31(34)12-13-31/h2-11,14-15,27H,12-13H2,1H3,(H,28,29). The molecule has 5 aromatic rings. The summed E-state index contributed by atoms with van der Waals surface area (Å²) in [5, 5.41) is 25.1. The molecule has 0 aliphatic carbocycles. The van der Waals surface area contributed by atoms with Gasteiger partial charge in [0.15, 0.2) is 0 Å². The van der Waals surface area contributed by atoms with Crippen LogP contribution in [0.2, 0.25) is 0 Å². The van der Waals surface area contributed by atoms with Crippen molar-refractivity contribution in [2.45, 2.75) is 6.92 Å². The summed E-state index contributed by atoms with van der Waals surface area (Å²) >= 11 is 0. The number of hydrogen-bond acceptors (Lipinski definition) is 4. The highest BCUT2D eigenvalue weighted by molar-refractivity contribution is 5.97. The van der Waals surface area contributed by atoms with Gasteiger partial charge in [0.25, 0.3) is 5.69 Å². The number of nitro benzene ring substituents is 1. The minimum absolute atomic E-state index is 0.00168. The Hall–Kier alpha value is -4.27. The molecular weight excluding hydrogens is 430 g/mol. The van der Waals surface area contributed by atoms with Gasteiger partial charge in [-0.1, -0.05) is 42.5 Å². The smallest absolute Gasteiger partial charge is 0.270 e. The molecule has 1 saturated heterocycles. The topological polar surface area (TPSA) is 111 Å².